The van der Waals surface area contributed by atoms with E-state index >= 15 is 0 Å². The zero-order chi connectivity index (χ0) is 48.4. The molecule has 6 atom stereocenters. The molecule has 1 heterocycles. The number of hydrogen-bond donors (Lipinski definition) is 4. The van der Waals surface area contributed by atoms with Gasteiger partial charge in [0.25, 0.3) is 10.1 Å². The van der Waals surface area contributed by atoms with E-state index in [1.807, 2.05) is 6.08 Å². The van der Waals surface area contributed by atoms with Crippen molar-refractivity contribution in [2.24, 2.45) is 0 Å². The van der Waals surface area contributed by atoms with Crippen molar-refractivity contribution in [1.82, 2.24) is 0 Å². The molecule has 13 heteroatoms. The highest BCUT2D eigenvalue weighted by Gasteiger charge is 2.46. The second-order valence-electron chi connectivity index (χ2n) is 18.5. The molecule has 0 radical (unpaired) electrons. The quantitative estimate of drug-likeness (QED) is 0.0196. The van der Waals surface area contributed by atoms with Gasteiger partial charge in [-0.15, -0.1) is 0 Å². The molecule has 2 unspecified atom stereocenters. The first kappa shape index (κ1) is 61.9. The van der Waals surface area contributed by atoms with Crippen LogP contribution >= 0.6 is 0 Å². The zero-order valence-electron chi connectivity index (χ0n) is 41.6. The number of aliphatic hydroxyl groups is 3. The molecule has 66 heavy (non-hydrogen) atoms. The van der Waals surface area contributed by atoms with Crippen molar-refractivity contribution in [1.29, 1.82) is 0 Å². The van der Waals surface area contributed by atoms with Gasteiger partial charge in [0, 0.05) is 12.8 Å². The number of rotatable bonds is 45. The van der Waals surface area contributed by atoms with Gasteiger partial charge >= 0.3 is 11.9 Å². The summed E-state index contributed by atoms with van der Waals surface area (Å²) in [5.74, 6) is -2.03. The highest BCUT2D eigenvalue weighted by Crippen LogP contribution is 2.24. The van der Waals surface area contributed by atoms with E-state index in [9.17, 15) is 37.9 Å². The normalized spacial score (nSPS) is 19.6. The molecule has 0 spiro atoms. The number of unbranched alkanes of at least 4 members (excludes halogenated alkanes) is 27. The molecule has 0 aromatic heterocycles. The summed E-state index contributed by atoms with van der Waals surface area (Å²) in [6, 6.07) is 0. The Bertz CT molecular complexity index is 1350. The second-order valence-corrected chi connectivity index (χ2v) is 20.0. The first-order chi connectivity index (χ1) is 32.0. The molecule has 0 aromatic carbocycles. The van der Waals surface area contributed by atoms with Gasteiger partial charge in [-0.05, 0) is 64.2 Å². The summed E-state index contributed by atoms with van der Waals surface area (Å²) < 4.78 is 54.2. The van der Waals surface area contributed by atoms with E-state index in [-0.39, 0.29) is 19.4 Å². The average molecular weight is 957 g/mol. The number of aliphatic hydroxyl groups excluding tert-OH is 3. The van der Waals surface area contributed by atoms with Crippen LogP contribution in [-0.2, 0) is 38.7 Å². The minimum atomic E-state index is -4.61. The molecule has 12 nitrogen and oxygen atoms in total. The third-order valence-electron chi connectivity index (χ3n) is 12.2. The van der Waals surface area contributed by atoms with Crippen LogP contribution in [0.3, 0.4) is 0 Å². The molecule has 1 aliphatic rings. The standard InChI is InChI=1S/C53H96O12S/c1-3-5-7-9-11-13-15-17-19-21-22-23-24-26-28-30-32-34-36-38-40-42-49(55)64-46(44-63-53-52(58)51(57)50(56)47(65-53)45-66(59,60)61)43-62-48(54)41-39-37-35-33-31-29-27-25-20-18-16-14-12-10-8-6-4-2/h17,19,27,29,33,35,46-47,50-53,56-58H,3-16,18,20-26,28,30-32,34,36-45H2,1-2H3,(H,59,60,61)/b19-17+,29-27+,35-33+/t46-,47-,50-,51?,52?,53+/m1/s1. The predicted molar refractivity (Wildman–Crippen MR) is 266 cm³/mol. The molecule has 0 saturated carbocycles. The van der Waals surface area contributed by atoms with Gasteiger partial charge in [-0.1, -0.05) is 192 Å². The van der Waals surface area contributed by atoms with E-state index in [1.54, 1.807) is 0 Å². The van der Waals surface area contributed by atoms with Crippen LogP contribution in [0.15, 0.2) is 36.5 Å². The van der Waals surface area contributed by atoms with E-state index in [0.29, 0.717) is 19.3 Å². The van der Waals surface area contributed by atoms with Gasteiger partial charge in [0.2, 0.25) is 0 Å². The van der Waals surface area contributed by atoms with Crippen LogP contribution in [0, 0.1) is 0 Å². The predicted octanol–water partition coefficient (Wildman–Crippen LogP) is 12.1. The summed E-state index contributed by atoms with van der Waals surface area (Å²) in [6.45, 7) is 3.75. The molecule has 0 bridgehead atoms. The lowest BCUT2D eigenvalue weighted by Gasteiger charge is -2.40. The van der Waals surface area contributed by atoms with Crippen molar-refractivity contribution < 1.29 is 56.8 Å². The monoisotopic (exact) mass is 957 g/mol. The van der Waals surface area contributed by atoms with Crippen molar-refractivity contribution in [3.63, 3.8) is 0 Å². The highest BCUT2D eigenvalue weighted by atomic mass is 32.2. The minimum Gasteiger partial charge on any atom is -0.462 e. The van der Waals surface area contributed by atoms with Gasteiger partial charge in [-0.2, -0.15) is 8.42 Å². The molecule has 4 N–H and O–H groups in total. The topological polar surface area (TPSA) is 186 Å². The number of hydrogen-bond acceptors (Lipinski definition) is 11. The van der Waals surface area contributed by atoms with Crippen LogP contribution in [0.25, 0.3) is 0 Å². The Kier molecular flexibility index (Phi) is 40.3. The molecule has 0 amide bonds. The molecule has 0 aromatic rings. The summed E-state index contributed by atoms with van der Waals surface area (Å²) in [5.41, 5.74) is 0. The Morgan fingerprint density at radius 2 is 0.924 bits per heavy atom. The number of carbonyl (C=O) groups is 2. The Balaban J connectivity index is 2.38. The summed E-state index contributed by atoms with van der Waals surface area (Å²) in [7, 11) is -4.61. The number of ether oxygens (including phenoxy) is 4. The largest absolute Gasteiger partial charge is 0.462 e. The van der Waals surface area contributed by atoms with E-state index in [1.165, 1.54) is 154 Å². The van der Waals surface area contributed by atoms with Crippen LogP contribution in [-0.4, -0.2) is 96.0 Å². The van der Waals surface area contributed by atoms with E-state index < -0.39 is 71.2 Å². The minimum absolute atomic E-state index is 0.156. The summed E-state index contributed by atoms with van der Waals surface area (Å²) in [4.78, 5) is 25.5. The van der Waals surface area contributed by atoms with Crippen LogP contribution in [0.4, 0.5) is 0 Å². The smallest absolute Gasteiger partial charge is 0.306 e. The first-order valence-corrected chi connectivity index (χ1v) is 28.2. The fraction of sp³-hybridized carbons (Fsp3) is 0.849. The van der Waals surface area contributed by atoms with E-state index in [0.717, 1.165) is 32.1 Å². The van der Waals surface area contributed by atoms with Crippen LogP contribution < -0.4 is 0 Å². The highest BCUT2D eigenvalue weighted by molar-refractivity contribution is 7.85. The number of esters is 2. The summed E-state index contributed by atoms with van der Waals surface area (Å²) in [5, 5.41) is 31.0. The maximum Gasteiger partial charge on any atom is 0.306 e. The van der Waals surface area contributed by atoms with Gasteiger partial charge in [0.05, 0.1) is 6.61 Å². The molecule has 1 rings (SSSR count). The summed E-state index contributed by atoms with van der Waals surface area (Å²) in [6.07, 6.45) is 41.9. The zero-order valence-corrected chi connectivity index (χ0v) is 42.4. The third kappa shape index (κ3) is 36.9. The van der Waals surface area contributed by atoms with Crippen molar-refractivity contribution in [2.75, 3.05) is 19.0 Å². The Morgan fingerprint density at radius 3 is 1.39 bits per heavy atom. The Hall–Kier alpha value is -2.13. The number of carbonyl (C=O) groups excluding carboxylic acids is 2. The van der Waals surface area contributed by atoms with E-state index in [4.69, 9.17) is 18.9 Å². The van der Waals surface area contributed by atoms with Crippen molar-refractivity contribution in [3.8, 4) is 0 Å². The van der Waals surface area contributed by atoms with Crippen molar-refractivity contribution >= 4 is 22.1 Å². The molecule has 1 saturated heterocycles. The number of allylic oxidation sites excluding steroid dienone is 6. The Morgan fingerprint density at radius 1 is 0.515 bits per heavy atom. The molecule has 1 aliphatic heterocycles. The van der Waals surface area contributed by atoms with Gasteiger partial charge in [0.1, 0.15) is 36.8 Å². The van der Waals surface area contributed by atoms with Gasteiger partial charge in [-0.25, -0.2) is 0 Å². The Labute approximate surface area is 401 Å². The maximum absolute atomic E-state index is 12.9. The fourth-order valence-electron chi connectivity index (χ4n) is 8.07. The van der Waals surface area contributed by atoms with Crippen LogP contribution in [0.2, 0.25) is 0 Å². The molecule has 0 aliphatic carbocycles. The van der Waals surface area contributed by atoms with Gasteiger partial charge < -0.3 is 34.3 Å². The van der Waals surface area contributed by atoms with Crippen LogP contribution in [0.5, 0.6) is 0 Å². The SMILES string of the molecule is CCCCCCCC/C=C/CCCCCCCCCCCCCC(=O)O[C@H](COC(=O)CCC/C=C/C/C=C/CCCCCCCCCCC)CO[C@H]1O[C@H](CS(=O)(=O)O)[C@@H](O)C(O)C1O. The molecular formula is C53H96O12S. The first-order valence-electron chi connectivity index (χ1n) is 26.5. The van der Waals surface area contributed by atoms with E-state index in [2.05, 4.69) is 44.2 Å². The average Bonchev–Trinajstić information content (AvgIpc) is 3.28. The van der Waals surface area contributed by atoms with Crippen molar-refractivity contribution in [3.05, 3.63) is 36.5 Å². The fourth-order valence-corrected chi connectivity index (χ4v) is 8.76. The lowest BCUT2D eigenvalue weighted by atomic mass is 10.00. The molecule has 1 fully saturated rings. The van der Waals surface area contributed by atoms with Crippen LogP contribution in [0.1, 0.15) is 232 Å². The third-order valence-corrected chi connectivity index (χ3v) is 12.9. The lowest BCUT2D eigenvalue weighted by Crippen LogP contribution is -2.60. The lowest BCUT2D eigenvalue weighted by molar-refractivity contribution is -0.297. The van der Waals surface area contributed by atoms with Gasteiger partial charge in [-0.3, -0.25) is 14.1 Å². The summed E-state index contributed by atoms with van der Waals surface area (Å²) >= 11 is 0. The van der Waals surface area contributed by atoms with Crippen molar-refractivity contribution in [2.45, 2.75) is 269 Å². The molecule has 386 valence electrons. The maximum atomic E-state index is 12.9. The molecular weight excluding hydrogens is 861 g/mol. The second kappa shape index (κ2) is 42.9. The van der Waals surface area contributed by atoms with Gasteiger partial charge in [0.15, 0.2) is 12.4 Å².